The van der Waals surface area contributed by atoms with Crippen LogP contribution in [0.3, 0.4) is 0 Å². The molecule has 0 saturated heterocycles. The summed E-state index contributed by atoms with van der Waals surface area (Å²) in [7, 11) is 1.50. The zero-order valence-corrected chi connectivity index (χ0v) is 5.25. The Morgan fingerprint density at radius 2 is 2.22 bits per heavy atom. The Balaban J connectivity index is 2.94. The van der Waals surface area contributed by atoms with Gasteiger partial charge in [0.2, 0.25) is 6.33 Å². The van der Waals surface area contributed by atoms with E-state index in [0.29, 0.717) is 11.8 Å². The molecule has 0 spiro atoms. The van der Waals surface area contributed by atoms with E-state index in [9.17, 15) is 0 Å². The summed E-state index contributed by atoms with van der Waals surface area (Å²) < 4.78 is 4.70. The fraction of sp³-hybridized carbons (Fsp3) is 0.400. The molecule has 4 nitrogen and oxygen atoms in total. The number of hydrogen-bond donors (Lipinski definition) is 0. The number of ether oxygens (including phenoxy) is 1. The highest BCUT2D eigenvalue weighted by atomic mass is 16.5. The molecule has 1 rings (SSSR count). The van der Waals surface area contributed by atoms with Gasteiger partial charge in [-0.15, -0.1) is 0 Å². The normalized spacial score (nSPS) is 9.11. The van der Waals surface area contributed by atoms with Gasteiger partial charge in [-0.1, -0.05) is 0 Å². The van der Waals surface area contributed by atoms with Gasteiger partial charge >= 0.3 is 6.01 Å². The largest absolute Gasteiger partial charge is 0.467 e. The van der Waals surface area contributed by atoms with Crippen molar-refractivity contribution in [2.45, 2.75) is 6.92 Å². The number of aryl methyl sites for hydroxylation is 1. The lowest BCUT2D eigenvalue weighted by Crippen LogP contribution is -1.95. The first-order valence-electron chi connectivity index (χ1n) is 2.45. The van der Waals surface area contributed by atoms with Gasteiger partial charge in [0.15, 0.2) is 0 Å². The number of nitrogens with zero attached hydrogens (tertiary/aromatic N) is 3. The molecule has 0 aliphatic carbocycles. The van der Waals surface area contributed by atoms with Crippen molar-refractivity contribution in [3.63, 3.8) is 0 Å². The van der Waals surface area contributed by atoms with Gasteiger partial charge in [-0.3, -0.25) is 0 Å². The molecule has 1 radical (unpaired) electrons. The second-order valence-electron chi connectivity index (χ2n) is 1.47. The third kappa shape index (κ3) is 1.35. The average molecular weight is 124 g/mol. The zero-order chi connectivity index (χ0) is 6.69. The van der Waals surface area contributed by atoms with Crippen LogP contribution in [0.2, 0.25) is 0 Å². The van der Waals surface area contributed by atoms with Gasteiger partial charge in [0.1, 0.15) is 5.82 Å². The van der Waals surface area contributed by atoms with Crippen LogP contribution in [-0.2, 0) is 0 Å². The molecular weight excluding hydrogens is 118 g/mol. The quantitative estimate of drug-likeness (QED) is 0.528. The van der Waals surface area contributed by atoms with E-state index in [1.165, 1.54) is 7.11 Å². The Morgan fingerprint density at radius 3 is 2.67 bits per heavy atom. The molecule has 0 aromatic carbocycles. The van der Waals surface area contributed by atoms with Crippen LogP contribution >= 0.6 is 0 Å². The van der Waals surface area contributed by atoms with E-state index in [1.54, 1.807) is 6.92 Å². The lowest BCUT2D eigenvalue weighted by Gasteiger charge is -1.93. The molecule has 0 bridgehead atoms. The first kappa shape index (κ1) is 5.94. The van der Waals surface area contributed by atoms with Gasteiger partial charge in [0.25, 0.3) is 0 Å². The van der Waals surface area contributed by atoms with Gasteiger partial charge < -0.3 is 4.74 Å². The van der Waals surface area contributed by atoms with Crippen LogP contribution in [0.25, 0.3) is 0 Å². The summed E-state index contributed by atoms with van der Waals surface area (Å²) in [6.07, 6.45) is 2.39. The minimum atomic E-state index is 0.308. The van der Waals surface area contributed by atoms with Crippen molar-refractivity contribution in [3.8, 4) is 6.01 Å². The summed E-state index contributed by atoms with van der Waals surface area (Å²) in [6.45, 7) is 1.75. The fourth-order valence-corrected chi connectivity index (χ4v) is 0.420. The summed E-state index contributed by atoms with van der Waals surface area (Å²) in [4.78, 5) is 11.1. The maximum absolute atomic E-state index is 4.70. The van der Waals surface area contributed by atoms with Gasteiger partial charge in [0.05, 0.1) is 7.11 Å². The van der Waals surface area contributed by atoms with Crippen molar-refractivity contribution in [2.24, 2.45) is 0 Å². The monoisotopic (exact) mass is 124 g/mol. The van der Waals surface area contributed by atoms with E-state index < -0.39 is 0 Å². The Hall–Kier alpha value is -1.19. The predicted molar refractivity (Wildman–Crippen MR) is 30.0 cm³/mol. The summed E-state index contributed by atoms with van der Waals surface area (Å²) >= 11 is 0. The van der Waals surface area contributed by atoms with Gasteiger partial charge in [-0.05, 0) is 6.92 Å². The SMILES string of the molecule is COc1n[c]nc(C)n1. The molecule has 9 heavy (non-hydrogen) atoms. The maximum Gasteiger partial charge on any atom is 0.320 e. The van der Waals surface area contributed by atoms with Crippen LogP contribution in [0.1, 0.15) is 5.82 Å². The third-order valence-corrected chi connectivity index (χ3v) is 0.797. The van der Waals surface area contributed by atoms with Crippen LogP contribution < -0.4 is 4.74 Å². The molecule has 0 amide bonds. The molecule has 0 aliphatic rings. The van der Waals surface area contributed by atoms with Crippen molar-refractivity contribution in [2.75, 3.05) is 7.11 Å². The highest BCUT2D eigenvalue weighted by Crippen LogP contribution is 1.95. The molecule has 1 aromatic heterocycles. The minimum absolute atomic E-state index is 0.308. The molecule has 0 fully saturated rings. The summed E-state index contributed by atoms with van der Waals surface area (Å²) in [6, 6.07) is 0.308. The second-order valence-corrected chi connectivity index (χ2v) is 1.47. The van der Waals surface area contributed by atoms with E-state index in [0.717, 1.165) is 0 Å². The lowest BCUT2D eigenvalue weighted by molar-refractivity contribution is 0.376. The molecule has 1 aromatic rings. The van der Waals surface area contributed by atoms with Crippen molar-refractivity contribution in [3.05, 3.63) is 12.2 Å². The molecule has 0 unspecified atom stereocenters. The summed E-state index contributed by atoms with van der Waals surface area (Å²) in [5.41, 5.74) is 0. The standard InChI is InChI=1S/C5H6N3O/c1-4-6-3-7-5(8-4)9-2/h1-2H3. The molecule has 47 valence electrons. The van der Waals surface area contributed by atoms with E-state index >= 15 is 0 Å². The molecule has 0 atom stereocenters. The number of methoxy groups -OCH3 is 1. The summed E-state index contributed by atoms with van der Waals surface area (Å²) in [5, 5.41) is 0. The molecule has 1 heterocycles. The van der Waals surface area contributed by atoms with Crippen molar-refractivity contribution in [1.29, 1.82) is 0 Å². The summed E-state index contributed by atoms with van der Waals surface area (Å²) in [5.74, 6) is 0.613. The third-order valence-electron chi connectivity index (χ3n) is 0.797. The van der Waals surface area contributed by atoms with Gasteiger partial charge in [-0.25, -0.2) is 4.98 Å². The molecule has 0 aliphatic heterocycles. The Kier molecular flexibility index (Phi) is 1.58. The van der Waals surface area contributed by atoms with E-state index in [1.807, 2.05) is 0 Å². The maximum atomic E-state index is 4.70. The first-order chi connectivity index (χ1) is 4.33. The Morgan fingerprint density at radius 1 is 1.44 bits per heavy atom. The molecule has 0 saturated carbocycles. The van der Waals surface area contributed by atoms with Gasteiger partial charge in [0, 0.05) is 0 Å². The highest BCUT2D eigenvalue weighted by Gasteiger charge is 1.92. The van der Waals surface area contributed by atoms with Crippen LogP contribution in [0.5, 0.6) is 6.01 Å². The van der Waals surface area contributed by atoms with Crippen molar-refractivity contribution < 1.29 is 4.74 Å². The number of aromatic nitrogens is 3. The smallest absolute Gasteiger partial charge is 0.320 e. The van der Waals surface area contributed by atoms with E-state index in [2.05, 4.69) is 21.3 Å². The number of hydrogen-bond acceptors (Lipinski definition) is 4. The van der Waals surface area contributed by atoms with E-state index in [4.69, 9.17) is 4.74 Å². The first-order valence-corrected chi connectivity index (χ1v) is 2.45. The highest BCUT2D eigenvalue weighted by molar-refractivity contribution is 4.91. The van der Waals surface area contributed by atoms with E-state index in [-0.39, 0.29) is 0 Å². The topological polar surface area (TPSA) is 47.9 Å². The zero-order valence-electron chi connectivity index (χ0n) is 5.25. The van der Waals surface area contributed by atoms with Crippen LogP contribution in [-0.4, -0.2) is 22.1 Å². The minimum Gasteiger partial charge on any atom is -0.467 e. The average Bonchev–Trinajstić information content (AvgIpc) is 1.88. The predicted octanol–water partition coefficient (Wildman–Crippen LogP) is -0.0112. The Labute approximate surface area is 52.9 Å². The lowest BCUT2D eigenvalue weighted by atomic mass is 10.7. The van der Waals surface area contributed by atoms with Crippen molar-refractivity contribution >= 4 is 0 Å². The van der Waals surface area contributed by atoms with Crippen LogP contribution in [0.4, 0.5) is 0 Å². The van der Waals surface area contributed by atoms with Gasteiger partial charge in [-0.2, -0.15) is 9.97 Å². The van der Waals surface area contributed by atoms with Crippen molar-refractivity contribution in [1.82, 2.24) is 15.0 Å². The molecule has 4 heteroatoms. The second kappa shape index (κ2) is 2.39. The molecular formula is C5H6N3O. The van der Waals surface area contributed by atoms with Crippen LogP contribution in [0, 0.1) is 13.3 Å². The van der Waals surface area contributed by atoms with Crippen LogP contribution in [0.15, 0.2) is 0 Å². The number of rotatable bonds is 1. The fourth-order valence-electron chi connectivity index (χ4n) is 0.420. The molecule has 0 N–H and O–H groups in total. The Bertz CT molecular complexity index is 201.